The highest BCUT2D eigenvalue weighted by atomic mass is 35.5. The first-order valence-electron chi connectivity index (χ1n) is 7.29. The fourth-order valence-electron chi connectivity index (χ4n) is 3.05. The molecular weight excluding hydrogens is 317 g/mol. The molecule has 114 valence electrons. The minimum atomic E-state index is -0.391. The molecule has 0 atom stereocenters. The third-order valence-corrected chi connectivity index (χ3v) is 5.02. The topological polar surface area (TPSA) is 29.4 Å². The Morgan fingerprint density at radius 3 is 2.50 bits per heavy atom. The predicted octanol–water partition coefficient (Wildman–Crippen LogP) is 5.37. The zero-order valence-electron chi connectivity index (χ0n) is 13.0. The highest BCUT2D eigenvalue weighted by Gasteiger charge is 2.40. The number of ketones is 1. The van der Waals surface area contributed by atoms with Crippen LogP contribution in [-0.2, 0) is 10.2 Å². The summed E-state index contributed by atoms with van der Waals surface area (Å²) in [6.07, 6.45) is 1.62. The number of fused-ring (bicyclic) bond motifs is 2. The van der Waals surface area contributed by atoms with Crippen molar-refractivity contribution in [2.75, 3.05) is 0 Å². The predicted molar refractivity (Wildman–Crippen MR) is 92.5 cm³/mol. The number of nitrogens with zero attached hydrogens (tertiary/aromatic N) is 1. The van der Waals surface area contributed by atoms with Gasteiger partial charge in [0.25, 0.3) is 0 Å². The van der Waals surface area contributed by atoms with Crippen LogP contribution in [0.15, 0.2) is 44.9 Å². The molecule has 0 aromatic heterocycles. The minimum Gasteiger partial charge on any atom is -0.287 e. The van der Waals surface area contributed by atoms with Crippen LogP contribution in [0.1, 0.15) is 44.7 Å². The van der Waals surface area contributed by atoms with E-state index in [1.54, 1.807) is 6.08 Å². The second-order valence-electron chi connectivity index (χ2n) is 6.56. The van der Waals surface area contributed by atoms with Crippen LogP contribution in [0.25, 0.3) is 0 Å². The molecule has 0 spiro atoms. The van der Waals surface area contributed by atoms with Gasteiger partial charge in [-0.2, -0.15) is 0 Å². The average molecular weight is 334 g/mol. The van der Waals surface area contributed by atoms with Crippen LogP contribution in [0.3, 0.4) is 0 Å². The number of aliphatic imine (C=N–C) groups is 1. The van der Waals surface area contributed by atoms with Gasteiger partial charge < -0.3 is 0 Å². The molecule has 1 aromatic carbocycles. The molecule has 1 aliphatic carbocycles. The summed E-state index contributed by atoms with van der Waals surface area (Å²) < 4.78 is 0. The van der Waals surface area contributed by atoms with Gasteiger partial charge in [-0.3, -0.25) is 4.79 Å². The number of carbonyl (C=O) groups excluding carboxylic acids is 1. The van der Waals surface area contributed by atoms with E-state index in [9.17, 15) is 4.79 Å². The molecule has 0 saturated heterocycles. The maximum absolute atomic E-state index is 12.1. The van der Waals surface area contributed by atoms with Gasteiger partial charge in [-0.15, -0.1) is 0 Å². The normalized spacial score (nSPS) is 19.7. The number of carbonyl (C=O) groups is 1. The molecule has 0 amide bonds. The van der Waals surface area contributed by atoms with Gasteiger partial charge in [0.1, 0.15) is 0 Å². The van der Waals surface area contributed by atoms with Crippen molar-refractivity contribution < 1.29 is 4.79 Å². The van der Waals surface area contributed by atoms with E-state index >= 15 is 0 Å². The molecule has 0 N–H and O–H groups in total. The number of halogens is 2. The molecule has 0 saturated carbocycles. The Morgan fingerprint density at radius 1 is 1.18 bits per heavy atom. The fourth-order valence-corrected chi connectivity index (χ4v) is 3.73. The lowest BCUT2D eigenvalue weighted by Crippen LogP contribution is -2.32. The molecule has 2 nitrogen and oxygen atoms in total. The van der Waals surface area contributed by atoms with E-state index in [0.717, 1.165) is 16.8 Å². The van der Waals surface area contributed by atoms with Gasteiger partial charge in [-0.05, 0) is 29.2 Å². The number of hydrogen-bond acceptors (Lipinski definition) is 2. The third kappa shape index (κ3) is 2.17. The number of benzene rings is 1. The Morgan fingerprint density at radius 2 is 1.86 bits per heavy atom. The molecule has 0 radical (unpaired) electrons. The fraction of sp³-hybridized carbons (Fsp3) is 0.333. The zero-order chi connectivity index (χ0) is 16.2. The molecule has 0 bridgehead atoms. The summed E-state index contributed by atoms with van der Waals surface area (Å²) in [5.74, 6) is 0.104. The molecule has 22 heavy (non-hydrogen) atoms. The van der Waals surface area contributed by atoms with E-state index in [2.05, 4.69) is 44.8 Å². The van der Waals surface area contributed by atoms with Gasteiger partial charge in [0, 0.05) is 11.0 Å². The van der Waals surface area contributed by atoms with Gasteiger partial charge in [0.2, 0.25) is 5.78 Å². The maximum atomic E-state index is 12.1. The van der Waals surface area contributed by atoms with Crippen LogP contribution in [0.4, 0.5) is 5.69 Å². The smallest absolute Gasteiger partial charge is 0.216 e. The van der Waals surface area contributed by atoms with Crippen molar-refractivity contribution in [3.8, 4) is 0 Å². The van der Waals surface area contributed by atoms with Gasteiger partial charge in [-0.1, -0.05) is 63.0 Å². The third-order valence-electron chi connectivity index (χ3n) is 4.38. The SMILES string of the molecule is CC(C)c1ccc2c(c1)C(C)(C)C1=C(Cl)C(=O)C(Cl)=CC1=N2. The first-order chi connectivity index (χ1) is 10.2. The Kier molecular flexibility index (Phi) is 3.58. The molecule has 1 aromatic rings. The lowest BCUT2D eigenvalue weighted by Gasteiger charge is -2.36. The maximum Gasteiger partial charge on any atom is 0.216 e. The molecule has 3 rings (SSSR count). The van der Waals surface area contributed by atoms with Gasteiger partial charge in [-0.25, -0.2) is 4.99 Å². The lowest BCUT2D eigenvalue weighted by molar-refractivity contribution is -0.111. The standard InChI is InChI=1S/C18H17Cl2NO/c1-9(2)10-5-6-13-11(7-10)18(3,4)15-14(21-13)8-12(19)17(22)16(15)20/h5-9H,1-4H3. The Balaban J connectivity index is 2.30. The quantitative estimate of drug-likeness (QED) is 0.635. The van der Waals surface area contributed by atoms with Crippen molar-refractivity contribution in [1.82, 2.24) is 0 Å². The Bertz CT molecular complexity index is 782. The molecule has 4 heteroatoms. The van der Waals surface area contributed by atoms with Gasteiger partial charge in [0.05, 0.1) is 21.5 Å². The summed E-state index contributed by atoms with van der Waals surface area (Å²) in [7, 11) is 0. The minimum absolute atomic E-state index is 0.116. The highest BCUT2D eigenvalue weighted by molar-refractivity contribution is 6.58. The van der Waals surface area contributed by atoms with Crippen molar-refractivity contribution in [1.29, 1.82) is 0 Å². The number of Topliss-reactive ketones (excluding diaryl/α,β-unsaturated/α-hetero) is 1. The summed E-state index contributed by atoms with van der Waals surface area (Å²) in [6, 6.07) is 6.30. The second kappa shape index (κ2) is 5.07. The molecule has 0 unspecified atom stereocenters. The molecular formula is C18H17Cl2NO. The molecule has 2 aliphatic rings. The van der Waals surface area contributed by atoms with Crippen LogP contribution in [0, 0.1) is 0 Å². The van der Waals surface area contributed by atoms with Gasteiger partial charge >= 0.3 is 0 Å². The number of hydrogen-bond donors (Lipinski definition) is 0. The summed E-state index contributed by atoms with van der Waals surface area (Å²) in [5, 5.41) is 0.294. The van der Waals surface area contributed by atoms with E-state index in [-0.39, 0.29) is 15.8 Å². The molecule has 1 aliphatic heterocycles. The van der Waals surface area contributed by atoms with E-state index < -0.39 is 5.41 Å². The van der Waals surface area contributed by atoms with Crippen LogP contribution in [-0.4, -0.2) is 11.5 Å². The van der Waals surface area contributed by atoms with E-state index in [1.165, 1.54) is 5.56 Å². The van der Waals surface area contributed by atoms with Crippen molar-refractivity contribution in [2.24, 2.45) is 4.99 Å². The van der Waals surface area contributed by atoms with Crippen LogP contribution in [0.5, 0.6) is 0 Å². The Labute approximate surface area is 140 Å². The monoisotopic (exact) mass is 333 g/mol. The molecule has 1 heterocycles. The summed E-state index contributed by atoms with van der Waals surface area (Å²) in [4.78, 5) is 16.8. The van der Waals surface area contributed by atoms with Crippen molar-refractivity contribution in [3.05, 3.63) is 51.0 Å². The second-order valence-corrected chi connectivity index (χ2v) is 7.35. The first kappa shape index (κ1) is 15.5. The van der Waals surface area contributed by atoms with Crippen molar-refractivity contribution in [3.63, 3.8) is 0 Å². The lowest BCUT2D eigenvalue weighted by atomic mass is 9.71. The van der Waals surface area contributed by atoms with Crippen molar-refractivity contribution in [2.45, 2.75) is 39.0 Å². The van der Waals surface area contributed by atoms with Crippen LogP contribution < -0.4 is 0 Å². The van der Waals surface area contributed by atoms with E-state index in [0.29, 0.717) is 11.6 Å². The van der Waals surface area contributed by atoms with Crippen LogP contribution in [0.2, 0.25) is 0 Å². The highest BCUT2D eigenvalue weighted by Crippen LogP contribution is 2.47. The summed E-state index contributed by atoms with van der Waals surface area (Å²) >= 11 is 12.3. The zero-order valence-corrected chi connectivity index (χ0v) is 14.5. The van der Waals surface area contributed by atoms with E-state index in [4.69, 9.17) is 23.2 Å². The van der Waals surface area contributed by atoms with Crippen molar-refractivity contribution >= 4 is 40.4 Å². The number of rotatable bonds is 1. The summed E-state index contributed by atoms with van der Waals surface area (Å²) in [6.45, 7) is 8.46. The Hall–Kier alpha value is -1.38. The van der Waals surface area contributed by atoms with E-state index in [1.807, 2.05) is 6.07 Å². The van der Waals surface area contributed by atoms with Crippen LogP contribution >= 0.6 is 23.2 Å². The van der Waals surface area contributed by atoms with Gasteiger partial charge in [0.15, 0.2) is 0 Å². The average Bonchev–Trinajstić information content (AvgIpc) is 2.44. The first-order valence-corrected chi connectivity index (χ1v) is 8.04. The summed E-state index contributed by atoms with van der Waals surface area (Å²) in [5.41, 5.74) is 4.31. The number of allylic oxidation sites excluding steroid dienone is 4. The molecule has 0 fully saturated rings. The largest absolute Gasteiger partial charge is 0.287 e.